The van der Waals surface area contributed by atoms with Crippen LogP contribution >= 0.6 is 0 Å². The maximum Gasteiger partial charge on any atom is 0.322 e. The molecule has 1 aliphatic rings. The molecule has 1 aliphatic heterocycles. The lowest BCUT2D eigenvalue weighted by Gasteiger charge is -2.26. The van der Waals surface area contributed by atoms with Crippen LogP contribution in [-0.2, 0) is 0 Å². The highest BCUT2D eigenvalue weighted by atomic mass is 16.5. The number of methoxy groups -OCH3 is 1. The van der Waals surface area contributed by atoms with Crippen molar-refractivity contribution < 1.29 is 4.74 Å². The molecule has 0 spiro atoms. The standard InChI is InChI=1S/C16H20N6O/c1-23-16-19-14(21-17-12-13-8-4-2-5-9-13)18-15(20-16)22-10-6-3-7-11-22/h2,4-5,8-9,12H,3,6-7,10-11H2,1H3,(H,18,19,20,21)/b17-12+. The van der Waals surface area contributed by atoms with Crippen molar-refractivity contribution in [2.75, 3.05) is 30.5 Å². The topological polar surface area (TPSA) is 75.5 Å². The van der Waals surface area contributed by atoms with Crippen molar-refractivity contribution in [1.29, 1.82) is 0 Å². The van der Waals surface area contributed by atoms with Gasteiger partial charge in [-0.05, 0) is 24.8 Å². The van der Waals surface area contributed by atoms with Crippen molar-refractivity contribution in [1.82, 2.24) is 15.0 Å². The molecule has 1 saturated heterocycles. The zero-order chi connectivity index (χ0) is 15.9. The summed E-state index contributed by atoms with van der Waals surface area (Å²) >= 11 is 0. The molecule has 120 valence electrons. The molecule has 0 radical (unpaired) electrons. The Balaban J connectivity index is 1.74. The van der Waals surface area contributed by atoms with E-state index >= 15 is 0 Å². The molecule has 1 N–H and O–H groups in total. The van der Waals surface area contributed by atoms with E-state index in [0.717, 1.165) is 31.5 Å². The van der Waals surface area contributed by atoms with Crippen LogP contribution in [0.3, 0.4) is 0 Å². The fraction of sp³-hybridized carbons (Fsp3) is 0.375. The second-order valence-corrected chi connectivity index (χ2v) is 5.27. The summed E-state index contributed by atoms with van der Waals surface area (Å²) in [6, 6.07) is 10.1. The van der Waals surface area contributed by atoms with Gasteiger partial charge in [0.1, 0.15) is 0 Å². The predicted octanol–water partition coefficient (Wildman–Crippen LogP) is 2.32. The molecule has 0 amide bonds. The first-order valence-electron chi connectivity index (χ1n) is 7.74. The van der Waals surface area contributed by atoms with Crippen LogP contribution in [-0.4, -0.2) is 41.4 Å². The van der Waals surface area contributed by atoms with Gasteiger partial charge in [0.05, 0.1) is 13.3 Å². The maximum absolute atomic E-state index is 5.17. The van der Waals surface area contributed by atoms with Gasteiger partial charge in [0, 0.05) is 13.1 Å². The minimum Gasteiger partial charge on any atom is -0.467 e. The van der Waals surface area contributed by atoms with Gasteiger partial charge in [-0.25, -0.2) is 5.43 Å². The third-order valence-corrected chi connectivity index (χ3v) is 3.60. The van der Waals surface area contributed by atoms with Crippen LogP contribution in [0.1, 0.15) is 24.8 Å². The third kappa shape index (κ3) is 4.15. The first-order chi connectivity index (χ1) is 11.3. The Kier molecular flexibility index (Phi) is 4.98. The van der Waals surface area contributed by atoms with Crippen LogP contribution in [0.2, 0.25) is 0 Å². The molecule has 7 heteroatoms. The molecule has 0 unspecified atom stereocenters. The number of nitrogens with zero attached hydrogens (tertiary/aromatic N) is 5. The van der Waals surface area contributed by atoms with Crippen molar-refractivity contribution in [3.05, 3.63) is 35.9 Å². The van der Waals surface area contributed by atoms with Gasteiger partial charge in [0.25, 0.3) is 5.95 Å². The van der Waals surface area contributed by atoms with Crippen LogP contribution in [0, 0.1) is 0 Å². The van der Waals surface area contributed by atoms with Crippen LogP contribution in [0.15, 0.2) is 35.4 Å². The number of hydrazone groups is 1. The van der Waals surface area contributed by atoms with Gasteiger partial charge in [-0.3, -0.25) is 0 Å². The Morgan fingerprint density at radius 1 is 1.09 bits per heavy atom. The Hall–Kier alpha value is -2.70. The summed E-state index contributed by atoms with van der Waals surface area (Å²) in [6.07, 6.45) is 5.29. The van der Waals surface area contributed by atoms with Crippen molar-refractivity contribution in [3.8, 4) is 6.01 Å². The van der Waals surface area contributed by atoms with Crippen molar-refractivity contribution in [3.63, 3.8) is 0 Å². The van der Waals surface area contributed by atoms with E-state index in [4.69, 9.17) is 4.74 Å². The zero-order valence-electron chi connectivity index (χ0n) is 13.1. The second-order valence-electron chi connectivity index (χ2n) is 5.27. The maximum atomic E-state index is 5.17. The van der Waals surface area contributed by atoms with Crippen molar-refractivity contribution >= 4 is 18.1 Å². The van der Waals surface area contributed by atoms with Gasteiger partial charge in [-0.1, -0.05) is 30.3 Å². The molecule has 2 heterocycles. The number of piperidine rings is 1. The molecule has 23 heavy (non-hydrogen) atoms. The minimum atomic E-state index is 0.290. The number of hydrogen-bond donors (Lipinski definition) is 1. The summed E-state index contributed by atoms with van der Waals surface area (Å²) < 4.78 is 5.17. The molecule has 0 saturated carbocycles. The van der Waals surface area contributed by atoms with E-state index in [2.05, 4.69) is 30.4 Å². The molecule has 1 aromatic carbocycles. The smallest absolute Gasteiger partial charge is 0.322 e. The van der Waals surface area contributed by atoms with Gasteiger partial charge in [0.15, 0.2) is 0 Å². The van der Waals surface area contributed by atoms with Gasteiger partial charge in [-0.15, -0.1) is 0 Å². The van der Waals surface area contributed by atoms with Gasteiger partial charge >= 0.3 is 6.01 Å². The molecule has 7 nitrogen and oxygen atoms in total. The Bertz CT molecular complexity index is 655. The lowest BCUT2D eigenvalue weighted by atomic mass is 10.1. The number of hydrogen-bond acceptors (Lipinski definition) is 7. The fourth-order valence-corrected chi connectivity index (χ4v) is 2.43. The highest BCUT2D eigenvalue weighted by Crippen LogP contribution is 2.19. The van der Waals surface area contributed by atoms with E-state index in [-0.39, 0.29) is 6.01 Å². The Morgan fingerprint density at radius 3 is 2.61 bits per heavy atom. The lowest BCUT2D eigenvalue weighted by molar-refractivity contribution is 0.378. The van der Waals surface area contributed by atoms with Crippen LogP contribution < -0.4 is 15.1 Å². The predicted molar refractivity (Wildman–Crippen MR) is 90.1 cm³/mol. The van der Waals surface area contributed by atoms with Gasteiger partial charge in [-0.2, -0.15) is 20.1 Å². The Morgan fingerprint density at radius 2 is 1.87 bits per heavy atom. The van der Waals surface area contributed by atoms with E-state index in [0.29, 0.717) is 11.9 Å². The van der Waals surface area contributed by atoms with E-state index in [1.807, 2.05) is 30.3 Å². The summed E-state index contributed by atoms with van der Waals surface area (Å²) in [7, 11) is 1.55. The molecular weight excluding hydrogens is 292 g/mol. The second kappa shape index (κ2) is 7.53. The Labute approximate surface area is 135 Å². The van der Waals surface area contributed by atoms with E-state index in [1.165, 1.54) is 6.42 Å². The number of anilines is 2. The first kappa shape index (κ1) is 15.2. The van der Waals surface area contributed by atoms with Gasteiger partial charge in [0.2, 0.25) is 5.95 Å². The summed E-state index contributed by atoms with van der Waals surface area (Å²) in [6.45, 7) is 1.92. The normalized spacial score (nSPS) is 14.9. The minimum absolute atomic E-state index is 0.290. The van der Waals surface area contributed by atoms with Crippen LogP contribution in [0.5, 0.6) is 6.01 Å². The lowest BCUT2D eigenvalue weighted by Crippen LogP contribution is -2.31. The molecule has 1 fully saturated rings. The molecule has 0 bridgehead atoms. The summed E-state index contributed by atoms with van der Waals surface area (Å²) in [5, 5.41) is 4.17. The summed E-state index contributed by atoms with van der Waals surface area (Å²) in [5.41, 5.74) is 3.85. The number of aromatic nitrogens is 3. The molecule has 2 aromatic rings. The molecule has 3 rings (SSSR count). The number of rotatable bonds is 5. The highest BCUT2D eigenvalue weighted by Gasteiger charge is 2.16. The van der Waals surface area contributed by atoms with E-state index in [1.54, 1.807) is 13.3 Å². The van der Waals surface area contributed by atoms with Gasteiger partial charge < -0.3 is 9.64 Å². The van der Waals surface area contributed by atoms with Crippen molar-refractivity contribution in [2.24, 2.45) is 5.10 Å². The fourth-order valence-electron chi connectivity index (χ4n) is 2.43. The summed E-state index contributed by atoms with van der Waals surface area (Å²) in [4.78, 5) is 15.1. The largest absolute Gasteiger partial charge is 0.467 e. The molecule has 0 aliphatic carbocycles. The zero-order valence-corrected chi connectivity index (χ0v) is 13.1. The van der Waals surface area contributed by atoms with Crippen molar-refractivity contribution in [2.45, 2.75) is 19.3 Å². The average Bonchev–Trinajstić information content (AvgIpc) is 2.63. The van der Waals surface area contributed by atoms with Crippen LogP contribution in [0.4, 0.5) is 11.9 Å². The highest BCUT2D eigenvalue weighted by molar-refractivity contribution is 5.79. The number of benzene rings is 1. The summed E-state index contributed by atoms with van der Waals surface area (Å²) in [5.74, 6) is 1.01. The molecule has 1 aromatic heterocycles. The quantitative estimate of drug-likeness (QED) is 0.674. The number of ether oxygens (including phenoxy) is 1. The third-order valence-electron chi connectivity index (χ3n) is 3.60. The van der Waals surface area contributed by atoms with E-state index < -0.39 is 0 Å². The number of nitrogens with one attached hydrogen (secondary N) is 1. The SMILES string of the molecule is COc1nc(N/N=C/c2ccccc2)nc(N2CCCCC2)n1. The molecule has 0 atom stereocenters. The van der Waals surface area contributed by atoms with E-state index in [9.17, 15) is 0 Å². The average molecular weight is 312 g/mol. The molecular formula is C16H20N6O. The monoisotopic (exact) mass is 312 g/mol. The van der Waals surface area contributed by atoms with Crippen LogP contribution in [0.25, 0.3) is 0 Å². The first-order valence-corrected chi connectivity index (χ1v) is 7.74.